The predicted octanol–water partition coefficient (Wildman–Crippen LogP) is 6.35. The molecule has 25 nitrogen and oxygen atoms in total. The molecule has 4 saturated carbocycles. The Bertz CT molecular complexity index is 3400. The minimum absolute atomic E-state index is 0.0270. The van der Waals surface area contributed by atoms with E-state index < -0.39 is 268 Å². The van der Waals surface area contributed by atoms with E-state index in [2.05, 4.69) is 21.9 Å². The topological polar surface area (TPSA) is 279 Å². The van der Waals surface area contributed by atoms with E-state index in [4.69, 9.17) is 11.2 Å². The number of hydrogen-bond acceptors (Lipinski definition) is 13. The van der Waals surface area contributed by atoms with Crippen LogP contribution < -0.4 is 16.0 Å². The minimum atomic E-state index is -5.27. The van der Waals surface area contributed by atoms with E-state index in [1.54, 1.807) is 39.8 Å². The van der Waals surface area contributed by atoms with Crippen LogP contribution in [0.25, 0.3) is 0 Å². The molecule has 12 amide bonds. The highest BCUT2D eigenvalue weighted by Gasteiger charge is 2.65. The van der Waals surface area contributed by atoms with E-state index in [9.17, 15) is 55.1 Å². The van der Waals surface area contributed by atoms with Gasteiger partial charge in [-0.3, -0.25) is 57.5 Å². The minimum Gasteiger partial charge on any atom is -0.377 e. The Morgan fingerprint density at radius 2 is 1.31 bits per heavy atom. The first-order valence-electron chi connectivity index (χ1n) is 38.8. The van der Waals surface area contributed by atoms with Crippen LogP contribution in [0.3, 0.4) is 0 Å². The maximum atomic E-state index is 15.8. The summed E-state index contributed by atoms with van der Waals surface area (Å²) in [6.45, 7) is 4.43. The van der Waals surface area contributed by atoms with Crippen LogP contribution in [0, 0.1) is 47.9 Å². The zero-order chi connectivity index (χ0) is 82.7. The number of amides is 12. The number of fused-ring (bicyclic) bond motifs is 3. The number of hydrogen-bond donors (Lipinski definition) is 3. The van der Waals surface area contributed by atoms with Crippen molar-refractivity contribution in [3.8, 4) is 12.3 Å². The standard InChI is InChI=1S/C76H112F10N12O13/c1-13-22-53-64(102)88-62(44(5)15-3)70(108)92(8)41-60(101)94(10)54-25-18-17-21-33-97(69(54)107)57(36-45-26-29-48(30-27-45)75(81,82)83)68(106)91(7)40-58(99)87-52(31-28-46-34-50(77)61(51(78)35-46)76(84,85)86)66(104)98-39-49(111-16-4)37-55(98)65(103)89-73(42-74(79,80)43-73)72(110)96(12)63(47-23-19-20-24-47)71(109)95(11)56(38-59(100)93(53)9)67(105)90(6)32-14-2/h1,17-18,44-57,61-63H,14-16,19-43H2,2-12H3,(H,87,99)(H,88,102)(H,89,103)/b18-17-/t44-,45?,46?,48?,49+,50?,51?,52-,53-,54-,55-,56-,57-,61?,62-,63-/m0/s1. The molecule has 35 heteroatoms. The number of nitrogens with zero attached hydrogens (tertiary/aromatic N) is 9. The quantitative estimate of drug-likeness (QED) is 0.0972. The number of rotatable bonds is 14. The second-order valence-electron chi connectivity index (χ2n) is 31.8. The smallest absolute Gasteiger partial charge is 0.377 e. The number of halogens is 10. The molecule has 3 heterocycles. The second-order valence-corrected chi connectivity index (χ2v) is 31.8. The van der Waals surface area contributed by atoms with Gasteiger partial charge in [0.1, 0.15) is 72.1 Å². The Labute approximate surface area is 643 Å². The molecule has 111 heavy (non-hydrogen) atoms. The molecular weight excluding hydrogens is 1480 g/mol. The largest absolute Gasteiger partial charge is 0.397 e. The highest BCUT2D eigenvalue weighted by molar-refractivity contribution is 6.01. The summed E-state index contributed by atoms with van der Waals surface area (Å²) in [6.07, 6.45) is -12.9. The number of nitrogens with one attached hydrogen (secondary N) is 3. The summed E-state index contributed by atoms with van der Waals surface area (Å²) < 4.78 is 153. The molecule has 12 atom stereocenters. The van der Waals surface area contributed by atoms with E-state index in [1.807, 2.05) is 0 Å². The number of likely N-dealkylation sites (N-methyl/N-ethyl adjacent to an activating group) is 7. The molecule has 0 radical (unpaired) electrons. The van der Waals surface area contributed by atoms with Gasteiger partial charge in [-0.15, -0.1) is 12.3 Å². The summed E-state index contributed by atoms with van der Waals surface area (Å²) in [5.74, 6) is -20.6. The van der Waals surface area contributed by atoms with Gasteiger partial charge in [0, 0.05) is 101 Å². The van der Waals surface area contributed by atoms with Crippen LogP contribution in [0.5, 0.6) is 0 Å². The van der Waals surface area contributed by atoms with Crippen molar-refractivity contribution in [2.75, 3.05) is 88.7 Å². The van der Waals surface area contributed by atoms with E-state index in [0.29, 0.717) is 32.1 Å². The lowest BCUT2D eigenvalue weighted by Crippen LogP contribution is -2.72. The van der Waals surface area contributed by atoms with Gasteiger partial charge >= 0.3 is 12.4 Å². The molecule has 0 aromatic rings. The first kappa shape index (κ1) is 90.4. The SMILES string of the molecule is C#CC[C@H]1C(=O)N[C@@H]([C@@H](C)CC)C(=O)N(C)CC(=O)N(C)[C@H]2C/C=C\CCN(C2=O)[C@@H](CC2CCC(C(F)(F)F)CC2)C(=O)N(C)CC(=O)N[C@@H](CCC2CC(F)C(C(F)(F)F)C(F)C2)C(=O)N2C[C@H](OCC)C[C@H]2C(=O)NC2(CC(F)(F)C2)C(=O)N(C)[C@@H](C2CCCC2)C(=O)N(C)[C@H](C(=O)N(C)CCC)CC(=O)N1C. The molecule has 3 aliphatic heterocycles. The molecule has 2 saturated heterocycles. The van der Waals surface area contributed by atoms with Crippen molar-refractivity contribution < 1.29 is 106 Å². The molecule has 7 aliphatic rings. The van der Waals surface area contributed by atoms with Crippen molar-refractivity contribution >= 4 is 70.9 Å². The van der Waals surface area contributed by atoms with Crippen LogP contribution in [-0.4, -0.2) is 294 Å². The highest BCUT2D eigenvalue weighted by Crippen LogP contribution is 2.49. The van der Waals surface area contributed by atoms with Crippen LogP contribution in [0.2, 0.25) is 0 Å². The lowest BCUT2D eigenvalue weighted by atomic mass is 9.71. The molecule has 624 valence electrons. The van der Waals surface area contributed by atoms with Crippen molar-refractivity contribution in [3.05, 3.63) is 12.2 Å². The fraction of sp³-hybridized carbons (Fsp3) is 0.789. The number of ether oxygens (including phenoxy) is 1. The van der Waals surface area contributed by atoms with Crippen LogP contribution in [-0.2, 0) is 62.3 Å². The summed E-state index contributed by atoms with van der Waals surface area (Å²) >= 11 is 0. The monoisotopic (exact) mass is 1590 g/mol. The maximum absolute atomic E-state index is 15.8. The third-order valence-electron chi connectivity index (χ3n) is 23.9. The molecule has 2 unspecified atom stereocenters. The van der Waals surface area contributed by atoms with Gasteiger partial charge in [-0.2, -0.15) is 26.3 Å². The summed E-state index contributed by atoms with van der Waals surface area (Å²) in [5.41, 5.74) is -2.52. The third-order valence-corrected chi connectivity index (χ3v) is 23.9. The Hall–Kier alpha value is -7.80. The van der Waals surface area contributed by atoms with Crippen molar-refractivity contribution in [1.29, 1.82) is 0 Å². The van der Waals surface area contributed by atoms with Gasteiger partial charge in [-0.25, -0.2) is 17.6 Å². The molecule has 1 spiro atoms. The van der Waals surface area contributed by atoms with E-state index in [1.165, 1.54) is 52.1 Å². The van der Waals surface area contributed by atoms with E-state index in [-0.39, 0.29) is 77.5 Å². The average Bonchev–Trinajstić information content (AvgIpc) is 1.49. The van der Waals surface area contributed by atoms with Gasteiger partial charge in [-0.1, -0.05) is 52.2 Å². The fourth-order valence-corrected chi connectivity index (χ4v) is 17.2. The summed E-state index contributed by atoms with van der Waals surface area (Å²) in [4.78, 5) is 190. The van der Waals surface area contributed by atoms with E-state index >= 15 is 46.3 Å². The summed E-state index contributed by atoms with van der Waals surface area (Å²) in [7, 11) is 8.73. The van der Waals surface area contributed by atoms with Crippen LogP contribution in [0.1, 0.15) is 169 Å². The van der Waals surface area contributed by atoms with Gasteiger partial charge in [0.25, 0.3) is 5.92 Å². The van der Waals surface area contributed by atoms with Crippen molar-refractivity contribution in [3.63, 3.8) is 0 Å². The summed E-state index contributed by atoms with van der Waals surface area (Å²) in [5, 5.41) is 7.74. The molecule has 0 aromatic carbocycles. The summed E-state index contributed by atoms with van der Waals surface area (Å²) in [6, 6.07) is -12.8. The third kappa shape index (κ3) is 22.0. The average molecular weight is 1590 g/mol. The van der Waals surface area contributed by atoms with Gasteiger partial charge in [0.2, 0.25) is 70.9 Å². The van der Waals surface area contributed by atoms with Crippen molar-refractivity contribution in [2.45, 2.75) is 260 Å². The molecular formula is C76H112F10N12O13. The number of alkyl halides is 10. The Morgan fingerprint density at radius 3 is 1.87 bits per heavy atom. The second kappa shape index (κ2) is 38.4. The van der Waals surface area contributed by atoms with Crippen LogP contribution in [0.4, 0.5) is 43.9 Å². The van der Waals surface area contributed by atoms with Gasteiger partial charge in [0.15, 0.2) is 0 Å². The zero-order valence-corrected chi connectivity index (χ0v) is 65.5. The number of carbonyl (C=O) groups excluding carboxylic acids is 12. The molecule has 4 aliphatic carbocycles. The van der Waals surface area contributed by atoms with Crippen LogP contribution >= 0.6 is 0 Å². The van der Waals surface area contributed by atoms with Crippen LogP contribution in [0.15, 0.2) is 12.2 Å². The first-order chi connectivity index (χ1) is 52.0. The molecule has 7 rings (SSSR count). The zero-order valence-electron chi connectivity index (χ0n) is 65.5. The number of carbonyl (C=O) groups is 12. The van der Waals surface area contributed by atoms with Gasteiger partial charge in [-0.05, 0) is 120 Å². The van der Waals surface area contributed by atoms with Crippen molar-refractivity contribution in [2.24, 2.45) is 35.5 Å². The Morgan fingerprint density at radius 1 is 0.685 bits per heavy atom. The predicted molar refractivity (Wildman–Crippen MR) is 385 cm³/mol. The van der Waals surface area contributed by atoms with E-state index in [0.717, 1.165) is 41.3 Å². The Balaban J connectivity index is 1.35. The lowest BCUT2D eigenvalue weighted by Gasteiger charge is -2.50. The molecule has 2 bridgehead atoms. The van der Waals surface area contributed by atoms with Gasteiger partial charge in [0.05, 0.1) is 31.5 Å². The molecule has 3 N–H and O–H groups in total. The fourth-order valence-electron chi connectivity index (χ4n) is 17.2. The van der Waals surface area contributed by atoms with Gasteiger partial charge < -0.3 is 64.8 Å². The Kier molecular flexibility index (Phi) is 31.2. The molecule has 0 aromatic heterocycles. The highest BCUT2D eigenvalue weighted by atomic mass is 19.4. The lowest BCUT2D eigenvalue weighted by molar-refractivity contribution is -0.219. The first-order valence-corrected chi connectivity index (χ1v) is 38.8. The normalized spacial score (nSPS) is 31.8. The van der Waals surface area contributed by atoms with Crippen molar-refractivity contribution in [1.82, 2.24) is 60.0 Å². The molecule has 6 fully saturated rings. The maximum Gasteiger partial charge on any atom is 0.397 e. The number of terminal acetylenes is 1.